The molecule has 0 bridgehead atoms. The van der Waals surface area contributed by atoms with E-state index in [-0.39, 0.29) is 61.6 Å². The zero-order valence-electron chi connectivity index (χ0n) is 51.3. The molecule has 0 amide bonds. The second-order valence-electron chi connectivity index (χ2n) is 20.4. The Morgan fingerprint density at radius 3 is 1.30 bits per heavy atom. The Hall–Kier alpha value is -7.74. The highest BCUT2D eigenvalue weighted by molar-refractivity contribution is 7.88. The Balaban J connectivity index is 0.000000307. The molecule has 0 aromatic heterocycles. The number of nitrogens with zero attached hydrogens (tertiary/aromatic N) is 10. The summed E-state index contributed by atoms with van der Waals surface area (Å²) in [6.07, 6.45) is 6.41. The minimum atomic E-state index is -4.04. The van der Waals surface area contributed by atoms with Gasteiger partial charge in [0.15, 0.2) is 0 Å². The molecule has 1 unspecified atom stereocenters. The number of hydrogen-bond acceptors (Lipinski definition) is 12. The Morgan fingerprint density at radius 1 is 0.556 bits per heavy atom. The van der Waals surface area contributed by atoms with E-state index in [1.807, 2.05) is 217 Å². The first kappa shape index (κ1) is 76.5. The second-order valence-corrected chi connectivity index (χ2v) is 26.8. The molecule has 90 heavy (non-hydrogen) atoms. The van der Waals surface area contributed by atoms with Crippen molar-refractivity contribution in [3.8, 4) is 0 Å². The van der Waals surface area contributed by atoms with Crippen molar-refractivity contribution in [1.82, 2.24) is 26.7 Å². The molecule has 2 aliphatic heterocycles. The number of carbonyl (C=O) groups excluding carboxylic acids is 4. The summed E-state index contributed by atoms with van der Waals surface area (Å²) in [5, 5.41) is 0. The molecule has 2 heterocycles. The fraction of sp³-hybridized carbons (Fsp3) is 0.387. The van der Waals surface area contributed by atoms with E-state index in [0.717, 1.165) is 65.5 Å². The molecular weight excluding hydrogens is 1230 g/mol. The van der Waals surface area contributed by atoms with Crippen LogP contribution in [0.3, 0.4) is 0 Å². The summed E-state index contributed by atoms with van der Waals surface area (Å²) in [7, 11) is -14.8. The maximum absolute atomic E-state index is 12.8. The van der Waals surface area contributed by atoms with E-state index in [0.29, 0.717) is 32.4 Å². The number of rotatable bonds is 22. The highest BCUT2D eigenvalue weighted by Gasteiger charge is 2.39. The van der Waals surface area contributed by atoms with Crippen molar-refractivity contribution < 1.29 is 52.8 Å². The van der Waals surface area contributed by atoms with Crippen molar-refractivity contribution in [3.05, 3.63) is 236 Å². The van der Waals surface area contributed by atoms with E-state index < -0.39 is 40.8 Å². The minimum Gasteiger partial charge on any atom is -0.204 e. The topological polar surface area (TPSA) is 339 Å². The predicted molar refractivity (Wildman–Crippen MR) is 343 cm³/mol. The monoisotopic (exact) mass is 1310 g/mol. The van der Waals surface area contributed by atoms with Crippen molar-refractivity contribution >= 4 is 53.1 Å². The number of nitrogens with one attached hydrogen (secondary N) is 2. The lowest BCUT2D eigenvalue weighted by molar-refractivity contribution is -0.193. The van der Waals surface area contributed by atoms with Crippen LogP contribution in [0.1, 0.15) is 126 Å². The highest BCUT2D eigenvalue weighted by atomic mass is 32.2. The average molecular weight is 1310 g/mol. The smallest absolute Gasteiger partial charge is 0.204 e. The van der Waals surface area contributed by atoms with E-state index in [2.05, 4.69) is 28.3 Å². The van der Waals surface area contributed by atoms with E-state index >= 15 is 0 Å². The van der Waals surface area contributed by atoms with Crippen LogP contribution in [0.25, 0.3) is 20.9 Å². The molecule has 2 saturated heterocycles. The molecule has 0 saturated carbocycles. The molecule has 0 aliphatic carbocycles. The van der Waals surface area contributed by atoms with Crippen molar-refractivity contribution in [2.45, 2.75) is 142 Å². The fourth-order valence-corrected chi connectivity index (χ4v) is 15.7. The summed E-state index contributed by atoms with van der Waals surface area (Å²) in [4.78, 5) is 37.4. The molecule has 0 spiro atoms. The first-order valence-corrected chi connectivity index (χ1v) is 34.7. The van der Waals surface area contributed by atoms with Gasteiger partial charge in [-0.2, -0.15) is 62.7 Å². The molecule has 8 rings (SSSR count). The molecule has 484 valence electrons. The highest BCUT2D eigenvalue weighted by Crippen LogP contribution is 2.32. The fourth-order valence-electron chi connectivity index (χ4n) is 10.2. The van der Waals surface area contributed by atoms with Crippen LogP contribution in [0.5, 0.6) is 0 Å². The van der Waals surface area contributed by atoms with Gasteiger partial charge in [-0.1, -0.05) is 210 Å². The predicted octanol–water partition coefficient (Wildman–Crippen LogP) is 11.1. The average Bonchev–Trinajstić information content (AvgIpc) is 0.989. The lowest BCUT2D eigenvalue weighted by Crippen LogP contribution is -2.53. The first-order valence-electron chi connectivity index (χ1n) is 29.0. The van der Waals surface area contributed by atoms with Gasteiger partial charge in [0.25, 0.3) is 20.4 Å². The third-order valence-electron chi connectivity index (χ3n) is 14.6. The van der Waals surface area contributed by atoms with Gasteiger partial charge < -0.3 is 0 Å². The molecule has 28 heteroatoms. The molecule has 0 radical (unpaired) electrons. The van der Waals surface area contributed by atoms with E-state index in [1.165, 1.54) is 12.9 Å². The third-order valence-corrected chi connectivity index (χ3v) is 20.8. The molecule has 2 aliphatic rings. The van der Waals surface area contributed by atoms with Gasteiger partial charge in [-0.3, -0.25) is 0 Å². The molecular formula is C62H80N12O12S4. The zero-order valence-corrected chi connectivity index (χ0v) is 54.5. The minimum absolute atomic E-state index is 0.00617. The van der Waals surface area contributed by atoms with E-state index in [9.17, 15) is 33.7 Å². The lowest BCUT2D eigenvalue weighted by atomic mass is 9.98. The van der Waals surface area contributed by atoms with Crippen LogP contribution in [0.15, 0.2) is 191 Å². The van der Waals surface area contributed by atoms with Crippen LogP contribution in [0.4, 0.5) is 0 Å². The van der Waals surface area contributed by atoms with Crippen LogP contribution in [0, 0.1) is 0 Å². The van der Waals surface area contributed by atoms with Crippen molar-refractivity contribution in [2.75, 3.05) is 13.1 Å². The Kier molecular flexibility index (Phi) is 34.1. The summed E-state index contributed by atoms with van der Waals surface area (Å²) in [6, 6.07) is 57.7. The molecule has 24 nitrogen and oxygen atoms in total. The normalized spacial score (nSPS) is 18.1. The summed E-state index contributed by atoms with van der Waals surface area (Å²) >= 11 is 0. The van der Waals surface area contributed by atoms with Crippen molar-refractivity contribution in [2.24, 2.45) is 9.04 Å². The number of benzene rings is 6. The van der Waals surface area contributed by atoms with Crippen LogP contribution in [-0.4, -0.2) is 100 Å². The molecule has 2 N–H and O–H groups in total. The number of hydrogen-bond donors (Lipinski definition) is 2. The van der Waals surface area contributed by atoms with Crippen molar-refractivity contribution in [3.63, 3.8) is 0 Å². The summed E-state index contributed by atoms with van der Waals surface area (Å²) in [5.41, 5.74) is 23.1. The molecule has 2 fully saturated rings. The van der Waals surface area contributed by atoms with Crippen LogP contribution in [-0.2, 0) is 85.9 Å². The standard InChI is InChI=1S/C18H22N4O2S.C18H22N2O2S.C12H18N4O2S.C12H18N2O2S.2CO2/c1-2-18(14-13-16-9-5-3-6-10-16)22(25(23,24)21-20-19)15-17-11-7-4-8-12-17;1-2-17-13-18(16-11-7-4-8-12-16)19-23(21,22)20(17)14-15-9-5-3-6-10-15;1-3-16(19(17,18)15-14-13)11(2)9-10-12-7-5-4-6-8-12;1-3-14-10(2)9-12(13-17(14,15)16)11-7-5-4-6-8-11;2*2-1-3/h3-12,18H,2,13-15H2,1H3;3-12,17-19H,2,13-14H2,1H3;4-8,11H,3,9-10H2,1-2H3;4-8,10,12-13H,3,9H2,1-2H3;;/t18-;17-,18+;;10-,12+;;/m00.0../s1. The Morgan fingerprint density at radius 2 is 0.922 bits per heavy atom. The SMILES string of the molecule is CCN(C(C)CCc1ccccc1)S(=O)(=O)N=[N+]=[N-].CCN1[C@@H](C)C[C@H](c2ccccc2)NS1(=O)=O.CC[C@@H](CCc1ccccc1)N(Cc1ccccc1)S(=O)(=O)N=[N+]=[N-].CC[C@H]1C[C@H](c2ccccc2)NS(=O)(=O)N1Cc1ccccc1.O=C=O.O=C=O. The van der Waals surface area contributed by atoms with Crippen molar-refractivity contribution in [1.29, 1.82) is 0 Å². The Bertz CT molecular complexity index is 3670. The third kappa shape index (κ3) is 25.6. The molecule has 6 aromatic rings. The number of azide groups is 2. The van der Waals surface area contributed by atoms with Gasteiger partial charge in [-0.05, 0) is 110 Å². The van der Waals surface area contributed by atoms with E-state index in [4.69, 9.17) is 30.2 Å². The van der Waals surface area contributed by atoms with Crippen LogP contribution >= 0.6 is 0 Å². The van der Waals surface area contributed by atoms with Gasteiger partial charge in [-0.25, -0.2) is 16.8 Å². The summed E-state index contributed by atoms with van der Waals surface area (Å²) < 4.78 is 115. The van der Waals surface area contributed by atoms with Crippen LogP contribution < -0.4 is 9.44 Å². The zero-order chi connectivity index (χ0) is 66.6. The van der Waals surface area contributed by atoms with Gasteiger partial charge in [0.2, 0.25) is 0 Å². The molecule has 6 atom stereocenters. The number of aryl methyl sites for hydroxylation is 2. The van der Waals surface area contributed by atoms with Gasteiger partial charge >= 0.3 is 32.7 Å². The summed E-state index contributed by atoms with van der Waals surface area (Å²) in [6.45, 7) is 12.8. The van der Waals surface area contributed by atoms with Gasteiger partial charge in [0.1, 0.15) is 0 Å². The molecule has 6 aromatic carbocycles. The second kappa shape index (κ2) is 40.1. The van der Waals surface area contributed by atoms with Gasteiger partial charge in [0, 0.05) is 81.3 Å². The first-order chi connectivity index (χ1) is 43.0. The summed E-state index contributed by atoms with van der Waals surface area (Å²) in [5.74, 6) is 0. The largest absolute Gasteiger partial charge is 0.373 e. The maximum Gasteiger partial charge on any atom is 0.373 e. The van der Waals surface area contributed by atoms with Gasteiger partial charge in [0.05, 0.1) is 0 Å². The van der Waals surface area contributed by atoms with Gasteiger partial charge in [-0.15, -0.1) is 0 Å². The maximum atomic E-state index is 12.8. The quantitative estimate of drug-likeness (QED) is 0.0364. The Labute approximate surface area is 530 Å². The van der Waals surface area contributed by atoms with Crippen LogP contribution in [0.2, 0.25) is 0 Å². The van der Waals surface area contributed by atoms with E-state index in [1.54, 1.807) is 11.2 Å². The lowest BCUT2D eigenvalue weighted by Gasteiger charge is -2.39.